The molecule has 0 unspecified atom stereocenters. The van der Waals surface area contributed by atoms with Gasteiger partial charge in [0.25, 0.3) is 0 Å². The van der Waals surface area contributed by atoms with E-state index in [0.717, 1.165) is 5.56 Å². The van der Waals surface area contributed by atoms with E-state index in [1.54, 1.807) is 24.3 Å². The number of rotatable bonds is 4. The summed E-state index contributed by atoms with van der Waals surface area (Å²) in [7, 11) is 0. The number of nitrogens with two attached hydrogens (primary N) is 1. The molecule has 0 bridgehead atoms. The molecule has 0 radical (unpaired) electrons. The maximum absolute atomic E-state index is 11.9. The summed E-state index contributed by atoms with van der Waals surface area (Å²) in [5.74, 6) is 0.252. The first-order valence-corrected chi connectivity index (χ1v) is 6.69. The van der Waals surface area contributed by atoms with Crippen LogP contribution in [0.2, 0.25) is 0 Å². The van der Waals surface area contributed by atoms with E-state index in [0.29, 0.717) is 17.2 Å². The maximum atomic E-state index is 11.9. The van der Waals surface area contributed by atoms with E-state index in [1.165, 1.54) is 4.80 Å². The largest absolute Gasteiger partial charge is 0.399 e. The van der Waals surface area contributed by atoms with Gasteiger partial charge in [-0.05, 0) is 29.5 Å². The van der Waals surface area contributed by atoms with E-state index in [2.05, 4.69) is 20.7 Å². The monoisotopic (exact) mass is 294 g/mol. The molecule has 0 aliphatic heterocycles. The number of tetrazole rings is 1. The van der Waals surface area contributed by atoms with E-state index in [1.807, 2.05) is 30.3 Å². The lowest BCUT2D eigenvalue weighted by Crippen LogP contribution is -2.20. The third kappa shape index (κ3) is 3.26. The summed E-state index contributed by atoms with van der Waals surface area (Å²) in [6.45, 7) is -0.00971. The van der Waals surface area contributed by atoms with Crippen LogP contribution in [0.3, 0.4) is 0 Å². The van der Waals surface area contributed by atoms with Crippen LogP contribution in [0.1, 0.15) is 0 Å². The van der Waals surface area contributed by atoms with E-state index in [4.69, 9.17) is 5.73 Å². The van der Waals surface area contributed by atoms with Crippen molar-refractivity contribution in [3.63, 3.8) is 0 Å². The molecular formula is C15H14N6O. The van der Waals surface area contributed by atoms with Crippen LogP contribution < -0.4 is 11.1 Å². The van der Waals surface area contributed by atoms with Gasteiger partial charge in [-0.15, -0.1) is 10.2 Å². The van der Waals surface area contributed by atoms with E-state index in [9.17, 15) is 4.79 Å². The molecule has 0 fully saturated rings. The van der Waals surface area contributed by atoms with Gasteiger partial charge in [0.1, 0.15) is 6.54 Å². The Bertz CT molecular complexity index is 766. The number of hydrogen-bond acceptors (Lipinski definition) is 5. The molecule has 3 N–H and O–H groups in total. The van der Waals surface area contributed by atoms with Crippen molar-refractivity contribution in [1.82, 2.24) is 20.2 Å². The molecule has 110 valence electrons. The molecule has 2 aromatic carbocycles. The van der Waals surface area contributed by atoms with Crippen LogP contribution in [-0.4, -0.2) is 26.1 Å². The van der Waals surface area contributed by atoms with Crippen LogP contribution >= 0.6 is 0 Å². The minimum Gasteiger partial charge on any atom is -0.399 e. The summed E-state index contributed by atoms with van der Waals surface area (Å²) in [6.07, 6.45) is 0. The lowest BCUT2D eigenvalue weighted by atomic mass is 10.2. The van der Waals surface area contributed by atoms with Crippen LogP contribution in [0.15, 0.2) is 54.6 Å². The summed E-state index contributed by atoms with van der Waals surface area (Å²) in [4.78, 5) is 13.2. The highest BCUT2D eigenvalue weighted by atomic mass is 16.2. The van der Waals surface area contributed by atoms with Crippen LogP contribution in [0.5, 0.6) is 0 Å². The van der Waals surface area contributed by atoms with Gasteiger partial charge in [-0.2, -0.15) is 4.80 Å². The van der Waals surface area contributed by atoms with Gasteiger partial charge in [-0.3, -0.25) is 4.79 Å². The fraction of sp³-hybridized carbons (Fsp3) is 0.0667. The number of amides is 1. The molecular weight excluding hydrogens is 280 g/mol. The minimum absolute atomic E-state index is 0.00971. The number of anilines is 2. The summed E-state index contributed by atoms with van der Waals surface area (Å²) in [5.41, 5.74) is 7.76. The molecule has 0 saturated carbocycles. The van der Waals surface area contributed by atoms with Gasteiger partial charge in [0, 0.05) is 16.9 Å². The van der Waals surface area contributed by atoms with Gasteiger partial charge in [-0.1, -0.05) is 30.3 Å². The molecule has 0 aliphatic rings. The number of aromatic nitrogens is 4. The smallest absolute Gasteiger partial charge is 0.248 e. The quantitative estimate of drug-likeness (QED) is 0.711. The number of nitrogens with one attached hydrogen (secondary N) is 1. The van der Waals surface area contributed by atoms with Crippen molar-refractivity contribution in [3.8, 4) is 11.4 Å². The number of nitrogen functional groups attached to an aromatic ring is 1. The van der Waals surface area contributed by atoms with Gasteiger partial charge < -0.3 is 11.1 Å². The number of nitrogens with zero attached hydrogens (tertiary/aromatic N) is 4. The van der Waals surface area contributed by atoms with Crippen molar-refractivity contribution >= 4 is 17.3 Å². The Balaban J connectivity index is 1.65. The first kappa shape index (κ1) is 13.7. The standard InChI is InChI=1S/C15H14N6O/c16-12-6-8-13(9-7-12)17-14(22)10-21-19-15(18-20-21)11-4-2-1-3-5-11/h1-9H,10,16H2,(H,17,22). The predicted octanol–water partition coefficient (Wildman–Crippen LogP) is 1.56. The molecule has 0 aliphatic carbocycles. The van der Waals surface area contributed by atoms with Crippen molar-refractivity contribution in [2.45, 2.75) is 6.54 Å². The first-order valence-electron chi connectivity index (χ1n) is 6.69. The Hall–Kier alpha value is -3.22. The third-order valence-electron chi connectivity index (χ3n) is 2.96. The van der Waals surface area contributed by atoms with Crippen LogP contribution in [-0.2, 0) is 11.3 Å². The average Bonchev–Trinajstić information content (AvgIpc) is 2.99. The number of benzene rings is 2. The molecule has 0 spiro atoms. The molecule has 1 aromatic heterocycles. The highest BCUT2D eigenvalue weighted by Gasteiger charge is 2.09. The Labute approximate surface area is 126 Å². The molecule has 7 heteroatoms. The summed E-state index contributed by atoms with van der Waals surface area (Å²) in [5, 5.41) is 14.8. The normalized spacial score (nSPS) is 10.4. The molecule has 7 nitrogen and oxygen atoms in total. The van der Waals surface area contributed by atoms with Crippen molar-refractivity contribution < 1.29 is 4.79 Å². The molecule has 3 aromatic rings. The number of carbonyl (C=O) groups is 1. The highest BCUT2D eigenvalue weighted by Crippen LogP contribution is 2.12. The van der Waals surface area contributed by atoms with Crippen LogP contribution in [0.25, 0.3) is 11.4 Å². The van der Waals surface area contributed by atoms with Gasteiger partial charge in [-0.25, -0.2) is 0 Å². The van der Waals surface area contributed by atoms with Crippen molar-refractivity contribution in [3.05, 3.63) is 54.6 Å². The van der Waals surface area contributed by atoms with Crippen molar-refractivity contribution in [1.29, 1.82) is 0 Å². The summed E-state index contributed by atoms with van der Waals surface area (Å²) >= 11 is 0. The predicted molar refractivity (Wildman–Crippen MR) is 82.7 cm³/mol. The molecule has 1 amide bonds. The molecule has 1 heterocycles. The fourth-order valence-corrected chi connectivity index (χ4v) is 1.91. The topological polar surface area (TPSA) is 98.7 Å². The lowest BCUT2D eigenvalue weighted by molar-refractivity contribution is -0.117. The Morgan fingerprint density at radius 1 is 1.09 bits per heavy atom. The van der Waals surface area contributed by atoms with Gasteiger partial charge in [0.15, 0.2) is 0 Å². The number of hydrogen-bond donors (Lipinski definition) is 2. The average molecular weight is 294 g/mol. The first-order chi connectivity index (χ1) is 10.7. The zero-order valence-electron chi connectivity index (χ0n) is 11.7. The van der Waals surface area contributed by atoms with Crippen LogP contribution in [0, 0.1) is 0 Å². The fourth-order valence-electron chi connectivity index (χ4n) is 1.91. The highest BCUT2D eigenvalue weighted by molar-refractivity contribution is 5.90. The minimum atomic E-state index is -0.234. The lowest BCUT2D eigenvalue weighted by Gasteiger charge is -2.04. The maximum Gasteiger partial charge on any atom is 0.248 e. The van der Waals surface area contributed by atoms with Gasteiger partial charge >= 0.3 is 0 Å². The second-order valence-electron chi connectivity index (χ2n) is 4.68. The van der Waals surface area contributed by atoms with Gasteiger partial charge in [0.2, 0.25) is 11.7 Å². The van der Waals surface area contributed by atoms with E-state index >= 15 is 0 Å². The SMILES string of the molecule is Nc1ccc(NC(=O)Cn2nnc(-c3ccccc3)n2)cc1. The zero-order chi connectivity index (χ0) is 15.4. The summed E-state index contributed by atoms with van der Waals surface area (Å²) in [6, 6.07) is 16.4. The van der Waals surface area contributed by atoms with Gasteiger partial charge in [0.05, 0.1) is 0 Å². The second kappa shape index (κ2) is 6.04. The van der Waals surface area contributed by atoms with E-state index in [-0.39, 0.29) is 12.5 Å². The Morgan fingerprint density at radius 3 is 2.55 bits per heavy atom. The summed E-state index contributed by atoms with van der Waals surface area (Å²) < 4.78 is 0. The molecule has 3 rings (SSSR count). The molecule has 0 atom stereocenters. The zero-order valence-corrected chi connectivity index (χ0v) is 11.7. The van der Waals surface area contributed by atoms with Crippen molar-refractivity contribution in [2.24, 2.45) is 0 Å². The Kier molecular flexibility index (Phi) is 3.78. The molecule has 22 heavy (non-hydrogen) atoms. The van der Waals surface area contributed by atoms with Crippen molar-refractivity contribution in [2.75, 3.05) is 11.1 Å². The number of carbonyl (C=O) groups excluding carboxylic acids is 1. The second-order valence-corrected chi connectivity index (χ2v) is 4.68. The molecule has 0 saturated heterocycles. The Morgan fingerprint density at radius 2 is 1.82 bits per heavy atom. The van der Waals surface area contributed by atoms with Crippen LogP contribution in [0.4, 0.5) is 11.4 Å². The van der Waals surface area contributed by atoms with E-state index < -0.39 is 0 Å². The third-order valence-corrected chi connectivity index (χ3v) is 2.96.